The van der Waals surface area contributed by atoms with Crippen LogP contribution in [0.1, 0.15) is 12.8 Å². The van der Waals surface area contributed by atoms with E-state index in [1.165, 1.54) is 0 Å². The first kappa shape index (κ1) is 14.0. The van der Waals surface area contributed by atoms with E-state index in [1.54, 1.807) is 7.11 Å². The number of aromatic nitrogens is 1. The van der Waals surface area contributed by atoms with E-state index in [9.17, 15) is 8.78 Å². The van der Waals surface area contributed by atoms with E-state index < -0.39 is 11.6 Å². The summed E-state index contributed by atoms with van der Waals surface area (Å²) >= 11 is 0. The Labute approximate surface area is 110 Å². The molecule has 2 rings (SSSR count). The second-order valence-electron chi connectivity index (χ2n) is 4.65. The lowest BCUT2D eigenvalue weighted by Gasteiger charge is -2.32. The quantitative estimate of drug-likeness (QED) is 0.642. The summed E-state index contributed by atoms with van der Waals surface area (Å²) in [6.45, 7) is 2.06. The van der Waals surface area contributed by atoms with Gasteiger partial charge in [0.15, 0.2) is 23.3 Å². The molecule has 0 spiro atoms. The number of anilines is 2. The Hall–Kier alpha value is -1.47. The van der Waals surface area contributed by atoms with Gasteiger partial charge in [-0.2, -0.15) is 0 Å². The third-order valence-corrected chi connectivity index (χ3v) is 3.36. The number of nitrogens with zero attached hydrogens (tertiary/aromatic N) is 2. The number of hydrazine groups is 1. The number of nitrogens with one attached hydrogen (secondary N) is 1. The SMILES string of the molecule is COCC1CCN(c2nc(NN)c(F)cc2F)CC1. The molecule has 7 heteroatoms. The van der Waals surface area contributed by atoms with Gasteiger partial charge in [0.05, 0.1) is 0 Å². The summed E-state index contributed by atoms with van der Waals surface area (Å²) in [5, 5.41) is 0. The molecule has 106 valence electrons. The summed E-state index contributed by atoms with van der Waals surface area (Å²) in [5.41, 5.74) is 2.13. The third kappa shape index (κ3) is 3.10. The number of nitrogens with two attached hydrogens (primary N) is 1. The van der Waals surface area contributed by atoms with E-state index in [2.05, 4.69) is 10.4 Å². The first-order chi connectivity index (χ1) is 9.15. The van der Waals surface area contributed by atoms with Gasteiger partial charge in [0, 0.05) is 32.9 Å². The molecule has 0 amide bonds. The molecule has 0 aliphatic carbocycles. The molecule has 0 radical (unpaired) electrons. The molecule has 3 N–H and O–H groups in total. The lowest BCUT2D eigenvalue weighted by atomic mass is 9.98. The predicted molar refractivity (Wildman–Crippen MR) is 68.8 cm³/mol. The number of methoxy groups -OCH3 is 1. The smallest absolute Gasteiger partial charge is 0.178 e. The van der Waals surface area contributed by atoms with Gasteiger partial charge in [-0.1, -0.05) is 0 Å². The van der Waals surface area contributed by atoms with Crippen LogP contribution in [-0.4, -0.2) is 31.8 Å². The highest BCUT2D eigenvalue weighted by atomic mass is 19.1. The first-order valence-electron chi connectivity index (χ1n) is 6.22. The summed E-state index contributed by atoms with van der Waals surface area (Å²) in [7, 11) is 1.67. The third-order valence-electron chi connectivity index (χ3n) is 3.36. The van der Waals surface area contributed by atoms with Gasteiger partial charge in [-0.3, -0.25) is 0 Å². The molecule has 0 saturated carbocycles. The highest BCUT2D eigenvalue weighted by Gasteiger charge is 2.23. The van der Waals surface area contributed by atoms with Crippen molar-refractivity contribution in [3.63, 3.8) is 0 Å². The Morgan fingerprint density at radius 3 is 2.68 bits per heavy atom. The van der Waals surface area contributed by atoms with Crippen LogP contribution in [0.5, 0.6) is 0 Å². The largest absolute Gasteiger partial charge is 0.384 e. The molecule has 0 unspecified atom stereocenters. The van der Waals surface area contributed by atoms with Gasteiger partial charge in [-0.25, -0.2) is 19.6 Å². The van der Waals surface area contributed by atoms with Crippen LogP contribution in [-0.2, 0) is 4.74 Å². The Kier molecular flexibility index (Phi) is 4.49. The van der Waals surface area contributed by atoms with Crippen LogP contribution in [0.4, 0.5) is 20.4 Å². The van der Waals surface area contributed by atoms with Crippen molar-refractivity contribution >= 4 is 11.6 Å². The van der Waals surface area contributed by atoms with Crippen molar-refractivity contribution < 1.29 is 13.5 Å². The molecule has 0 aromatic carbocycles. The average molecular weight is 272 g/mol. The van der Waals surface area contributed by atoms with Crippen LogP contribution in [0, 0.1) is 17.6 Å². The van der Waals surface area contributed by atoms with Gasteiger partial charge < -0.3 is 15.1 Å². The minimum absolute atomic E-state index is 0.143. The number of halogens is 2. The van der Waals surface area contributed by atoms with E-state index in [-0.39, 0.29) is 11.6 Å². The Bertz CT molecular complexity index is 436. The standard InChI is InChI=1S/C12H18F2N4O/c1-19-7-8-2-4-18(5-3-8)12-10(14)6-9(13)11(16-12)17-15/h6,8H,2-5,7,15H2,1H3,(H,16,17). The molecule has 2 heterocycles. The molecule has 19 heavy (non-hydrogen) atoms. The summed E-state index contributed by atoms with van der Waals surface area (Å²) in [5.74, 6) is 4.18. The number of pyridine rings is 1. The van der Waals surface area contributed by atoms with E-state index in [4.69, 9.17) is 10.6 Å². The minimum Gasteiger partial charge on any atom is -0.384 e. The molecule has 1 aliphatic rings. The highest BCUT2D eigenvalue weighted by Crippen LogP contribution is 2.26. The van der Waals surface area contributed by atoms with Crippen LogP contribution in [0.3, 0.4) is 0 Å². The lowest BCUT2D eigenvalue weighted by Crippen LogP contribution is -2.36. The fraction of sp³-hybridized carbons (Fsp3) is 0.583. The van der Waals surface area contributed by atoms with Crippen LogP contribution in [0.15, 0.2) is 6.07 Å². The zero-order valence-corrected chi connectivity index (χ0v) is 10.8. The van der Waals surface area contributed by atoms with Crippen molar-refractivity contribution in [2.24, 2.45) is 11.8 Å². The zero-order valence-electron chi connectivity index (χ0n) is 10.8. The van der Waals surface area contributed by atoms with E-state index in [1.807, 2.05) is 4.90 Å². The lowest BCUT2D eigenvalue weighted by molar-refractivity contribution is 0.139. The Morgan fingerprint density at radius 1 is 1.42 bits per heavy atom. The summed E-state index contributed by atoms with van der Waals surface area (Å²) in [6, 6.07) is 0.804. The van der Waals surface area contributed by atoms with Crippen LogP contribution < -0.4 is 16.2 Å². The second-order valence-corrected chi connectivity index (χ2v) is 4.65. The van der Waals surface area contributed by atoms with Gasteiger partial charge in [-0.15, -0.1) is 0 Å². The molecule has 1 saturated heterocycles. The minimum atomic E-state index is -0.794. The van der Waals surface area contributed by atoms with Gasteiger partial charge in [0.25, 0.3) is 0 Å². The van der Waals surface area contributed by atoms with Crippen LogP contribution in [0.2, 0.25) is 0 Å². The summed E-state index contributed by atoms with van der Waals surface area (Å²) in [6.07, 6.45) is 1.80. The Morgan fingerprint density at radius 2 is 2.11 bits per heavy atom. The van der Waals surface area contributed by atoms with Crippen molar-refractivity contribution in [3.05, 3.63) is 17.7 Å². The monoisotopic (exact) mass is 272 g/mol. The van der Waals surface area contributed by atoms with Crippen molar-refractivity contribution in [3.8, 4) is 0 Å². The van der Waals surface area contributed by atoms with Gasteiger partial charge in [-0.05, 0) is 18.8 Å². The average Bonchev–Trinajstić information content (AvgIpc) is 2.41. The molecule has 1 aromatic rings. The molecule has 0 bridgehead atoms. The summed E-state index contributed by atoms with van der Waals surface area (Å²) in [4.78, 5) is 5.70. The van der Waals surface area contributed by atoms with Gasteiger partial charge >= 0.3 is 0 Å². The number of rotatable bonds is 4. The van der Waals surface area contributed by atoms with E-state index >= 15 is 0 Å². The maximum Gasteiger partial charge on any atom is 0.178 e. The van der Waals surface area contributed by atoms with Crippen molar-refractivity contribution in [1.29, 1.82) is 0 Å². The van der Waals surface area contributed by atoms with E-state index in [0.29, 0.717) is 25.6 Å². The second kappa shape index (κ2) is 6.12. The number of piperidine rings is 1. The molecular weight excluding hydrogens is 254 g/mol. The summed E-state index contributed by atoms with van der Waals surface area (Å²) < 4.78 is 32.2. The van der Waals surface area contributed by atoms with Gasteiger partial charge in [0.1, 0.15) is 0 Å². The number of hydrogen-bond acceptors (Lipinski definition) is 5. The normalized spacial score (nSPS) is 16.7. The van der Waals surface area contributed by atoms with E-state index in [0.717, 1.165) is 18.9 Å². The molecule has 1 aromatic heterocycles. The maximum atomic E-state index is 13.8. The number of nitrogen functional groups attached to an aromatic ring is 1. The molecular formula is C12H18F2N4O. The van der Waals surface area contributed by atoms with Crippen LogP contribution in [0.25, 0.3) is 0 Å². The zero-order chi connectivity index (χ0) is 13.8. The highest BCUT2D eigenvalue weighted by molar-refractivity contribution is 5.49. The number of hydrogen-bond donors (Lipinski definition) is 2. The topological polar surface area (TPSA) is 63.4 Å². The van der Waals surface area contributed by atoms with Gasteiger partial charge in [0.2, 0.25) is 0 Å². The van der Waals surface area contributed by atoms with Crippen molar-refractivity contribution in [1.82, 2.24) is 4.98 Å². The van der Waals surface area contributed by atoms with Crippen LogP contribution >= 0.6 is 0 Å². The predicted octanol–water partition coefficient (Wildman–Crippen LogP) is 1.51. The maximum absolute atomic E-state index is 13.8. The fourth-order valence-electron chi connectivity index (χ4n) is 2.33. The van der Waals surface area contributed by atoms with Crippen molar-refractivity contribution in [2.45, 2.75) is 12.8 Å². The molecule has 1 fully saturated rings. The molecule has 0 atom stereocenters. The van der Waals surface area contributed by atoms with Crippen molar-refractivity contribution in [2.75, 3.05) is 37.1 Å². The molecule has 5 nitrogen and oxygen atoms in total. The first-order valence-corrected chi connectivity index (χ1v) is 6.22. The molecule has 1 aliphatic heterocycles. The fourth-order valence-corrected chi connectivity index (χ4v) is 2.33. The number of ether oxygens (including phenoxy) is 1. The Balaban J connectivity index is 2.11.